The van der Waals surface area contributed by atoms with Crippen molar-refractivity contribution in [1.29, 1.82) is 0 Å². The highest BCUT2D eigenvalue weighted by Gasteiger charge is 2.44. The van der Waals surface area contributed by atoms with Gasteiger partial charge in [-0.3, -0.25) is 9.59 Å². The fourth-order valence-corrected chi connectivity index (χ4v) is 3.35. The molecule has 0 saturated heterocycles. The highest BCUT2D eigenvalue weighted by Crippen LogP contribution is 2.36. The number of aromatic nitrogens is 4. The van der Waals surface area contributed by atoms with Crippen LogP contribution in [0.1, 0.15) is 29.4 Å². The molecule has 9 nitrogen and oxygen atoms in total. The lowest BCUT2D eigenvalue weighted by Crippen LogP contribution is -2.19. The molecular formula is C20H22FN7O2. The molecule has 3 aromatic rings. The zero-order chi connectivity index (χ0) is 21.6. The zero-order valence-corrected chi connectivity index (χ0v) is 16.9. The van der Waals surface area contributed by atoms with Crippen LogP contribution in [0.2, 0.25) is 0 Å². The first-order chi connectivity index (χ1) is 14.3. The number of hydrogen-bond donors (Lipinski definition) is 2. The highest BCUT2D eigenvalue weighted by molar-refractivity contribution is 6.01. The van der Waals surface area contributed by atoms with Crippen LogP contribution in [0.25, 0.3) is 11.0 Å². The molecule has 30 heavy (non-hydrogen) atoms. The summed E-state index contributed by atoms with van der Waals surface area (Å²) in [6.45, 7) is 1.96. The van der Waals surface area contributed by atoms with E-state index in [9.17, 15) is 14.0 Å². The number of pyridine rings is 2. The summed E-state index contributed by atoms with van der Waals surface area (Å²) < 4.78 is 15.1. The molecule has 10 heteroatoms. The molecule has 3 N–H and O–H groups in total. The number of carbonyl (C=O) groups excluding carboxylic acids is 2. The molecule has 3 aromatic heterocycles. The van der Waals surface area contributed by atoms with E-state index in [2.05, 4.69) is 20.3 Å². The van der Waals surface area contributed by atoms with Crippen molar-refractivity contribution in [1.82, 2.24) is 19.5 Å². The van der Waals surface area contributed by atoms with Gasteiger partial charge in [-0.05, 0) is 24.5 Å². The quantitative estimate of drug-likeness (QED) is 0.641. The van der Waals surface area contributed by atoms with E-state index in [1.807, 2.05) is 36.6 Å². The molecular weight excluding hydrogens is 389 g/mol. The Labute approximate surface area is 172 Å². The Morgan fingerprint density at radius 2 is 2.10 bits per heavy atom. The molecule has 0 aliphatic heterocycles. The van der Waals surface area contributed by atoms with Crippen LogP contribution < -0.4 is 16.0 Å². The number of nitrogens with zero attached hydrogens (tertiary/aromatic N) is 5. The summed E-state index contributed by atoms with van der Waals surface area (Å²) in [6, 6.07) is 3.50. The second-order valence-corrected chi connectivity index (χ2v) is 7.37. The van der Waals surface area contributed by atoms with Crippen LogP contribution in [0.15, 0.2) is 24.7 Å². The van der Waals surface area contributed by atoms with Gasteiger partial charge in [-0.15, -0.1) is 0 Å². The number of alkyl halides is 1. The maximum absolute atomic E-state index is 13.3. The van der Waals surface area contributed by atoms with Gasteiger partial charge in [-0.2, -0.15) is 0 Å². The number of amides is 2. The van der Waals surface area contributed by atoms with Crippen LogP contribution in [0.5, 0.6) is 0 Å². The highest BCUT2D eigenvalue weighted by atomic mass is 19.1. The largest absolute Gasteiger partial charge is 0.364 e. The lowest BCUT2D eigenvalue weighted by atomic mass is 10.1. The number of aryl methyl sites for hydroxylation is 2. The molecule has 0 unspecified atom stereocenters. The third-order valence-electron chi connectivity index (χ3n) is 5.29. The minimum absolute atomic E-state index is 0.192. The topological polar surface area (TPSA) is 119 Å². The maximum Gasteiger partial charge on any atom is 0.267 e. The summed E-state index contributed by atoms with van der Waals surface area (Å²) in [5, 5.41) is 2.72. The summed E-state index contributed by atoms with van der Waals surface area (Å²) in [5.74, 6) is -0.812. The normalized spacial score (nSPS) is 17.7. The number of fused-ring (bicyclic) bond motifs is 1. The monoisotopic (exact) mass is 411 g/mol. The number of imidazole rings is 1. The van der Waals surface area contributed by atoms with Crippen LogP contribution >= 0.6 is 0 Å². The number of primary amides is 1. The molecule has 156 valence electrons. The zero-order valence-electron chi connectivity index (χ0n) is 16.9. The number of anilines is 3. The summed E-state index contributed by atoms with van der Waals surface area (Å²) in [4.78, 5) is 38.6. The van der Waals surface area contributed by atoms with Crippen molar-refractivity contribution in [3.63, 3.8) is 0 Å². The molecule has 0 aromatic carbocycles. The molecule has 1 fully saturated rings. The Hall–Kier alpha value is -3.56. The fourth-order valence-electron chi connectivity index (χ4n) is 3.35. The summed E-state index contributed by atoms with van der Waals surface area (Å²) in [5.41, 5.74) is 8.44. The van der Waals surface area contributed by atoms with E-state index in [0.717, 1.165) is 16.8 Å². The van der Waals surface area contributed by atoms with Gasteiger partial charge in [0.25, 0.3) is 5.91 Å². The average molecular weight is 411 g/mol. The van der Waals surface area contributed by atoms with E-state index in [1.165, 1.54) is 0 Å². The van der Waals surface area contributed by atoms with Gasteiger partial charge < -0.3 is 20.5 Å². The molecule has 2 amide bonds. The van der Waals surface area contributed by atoms with Crippen LogP contribution in [0.4, 0.5) is 21.7 Å². The predicted octanol–water partition coefficient (Wildman–Crippen LogP) is 2.09. The van der Waals surface area contributed by atoms with Crippen molar-refractivity contribution in [2.24, 2.45) is 18.7 Å². The molecule has 0 radical (unpaired) electrons. The Kier molecular flexibility index (Phi) is 4.84. The Morgan fingerprint density at radius 1 is 1.37 bits per heavy atom. The van der Waals surface area contributed by atoms with Crippen LogP contribution in [-0.4, -0.2) is 44.6 Å². The van der Waals surface area contributed by atoms with Crippen molar-refractivity contribution >= 4 is 40.2 Å². The summed E-state index contributed by atoms with van der Waals surface area (Å²) in [7, 11) is 3.65. The van der Waals surface area contributed by atoms with E-state index >= 15 is 0 Å². The van der Waals surface area contributed by atoms with E-state index in [-0.39, 0.29) is 17.9 Å². The van der Waals surface area contributed by atoms with E-state index in [0.29, 0.717) is 17.8 Å². The van der Waals surface area contributed by atoms with Crippen molar-refractivity contribution in [2.45, 2.75) is 25.9 Å². The fraction of sp³-hybridized carbons (Fsp3) is 0.350. The second-order valence-electron chi connectivity index (χ2n) is 7.37. The van der Waals surface area contributed by atoms with Gasteiger partial charge in [0.1, 0.15) is 23.2 Å². The second kappa shape index (κ2) is 7.36. The van der Waals surface area contributed by atoms with Gasteiger partial charge in [0, 0.05) is 20.2 Å². The number of hydrogen-bond acceptors (Lipinski definition) is 6. The van der Waals surface area contributed by atoms with Crippen LogP contribution in [0.3, 0.4) is 0 Å². The van der Waals surface area contributed by atoms with Gasteiger partial charge in [-0.1, -0.05) is 6.92 Å². The molecule has 4 rings (SSSR count). The van der Waals surface area contributed by atoms with Crippen molar-refractivity contribution in [3.05, 3.63) is 35.9 Å². The minimum atomic E-state index is -1.10. The smallest absolute Gasteiger partial charge is 0.267 e. The van der Waals surface area contributed by atoms with E-state index in [1.54, 1.807) is 18.6 Å². The number of carbonyl (C=O) groups is 2. The number of halogens is 1. The molecule has 0 spiro atoms. The first kappa shape index (κ1) is 19.7. The third kappa shape index (κ3) is 3.44. The van der Waals surface area contributed by atoms with Gasteiger partial charge in [-0.25, -0.2) is 19.3 Å². The molecule has 2 atom stereocenters. The lowest BCUT2D eigenvalue weighted by molar-refractivity contribution is -0.117. The predicted molar refractivity (Wildman–Crippen MR) is 110 cm³/mol. The Morgan fingerprint density at radius 3 is 2.73 bits per heavy atom. The van der Waals surface area contributed by atoms with Gasteiger partial charge in [0.2, 0.25) is 5.91 Å². The molecule has 1 saturated carbocycles. The van der Waals surface area contributed by atoms with Gasteiger partial charge >= 0.3 is 0 Å². The van der Waals surface area contributed by atoms with Crippen LogP contribution in [-0.2, 0) is 18.3 Å². The first-order valence-electron chi connectivity index (χ1n) is 9.59. The maximum atomic E-state index is 13.3. The van der Waals surface area contributed by atoms with Crippen molar-refractivity contribution in [2.75, 3.05) is 17.3 Å². The summed E-state index contributed by atoms with van der Waals surface area (Å²) >= 11 is 0. The van der Waals surface area contributed by atoms with Crippen molar-refractivity contribution in [3.8, 4) is 0 Å². The molecule has 3 heterocycles. The average Bonchev–Trinajstić information content (AvgIpc) is 3.36. The van der Waals surface area contributed by atoms with Crippen molar-refractivity contribution < 1.29 is 14.0 Å². The van der Waals surface area contributed by atoms with E-state index in [4.69, 9.17) is 5.73 Å². The standard InChI is InChI=1S/C20H22FN7O2/c1-4-10-5-13(18(22)29)23-8-15(10)28(3)16-7-14-17(24-9-27(14)2)19(25-16)26-20(30)11-6-12(11)21/h5,7-9,11-12H,4,6H2,1-3H3,(H2,22,29)(H,25,26,30)/t11-,12+/m0/s1. The molecule has 0 bridgehead atoms. The first-order valence-corrected chi connectivity index (χ1v) is 9.59. The molecule has 1 aliphatic rings. The Balaban J connectivity index is 1.76. The van der Waals surface area contributed by atoms with Crippen LogP contribution in [0, 0.1) is 5.92 Å². The van der Waals surface area contributed by atoms with Gasteiger partial charge in [0.05, 0.1) is 29.6 Å². The number of nitrogens with one attached hydrogen (secondary N) is 1. The number of rotatable bonds is 6. The Bertz CT molecular complexity index is 1160. The number of nitrogens with two attached hydrogens (primary N) is 1. The molecule has 1 aliphatic carbocycles. The summed E-state index contributed by atoms with van der Waals surface area (Å²) in [6.07, 6.45) is 2.98. The lowest BCUT2D eigenvalue weighted by Gasteiger charge is -2.22. The third-order valence-corrected chi connectivity index (χ3v) is 5.29. The van der Waals surface area contributed by atoms with E-state index < -0.39 is 23.9 Å². The minimum Gasteiger partial charge on any atom is -0.364 e. The van der Waals surface area contributed by atoms with Gasteiger partial charge in [0.15, 0.2) is 5.82 Å². The SMILES string of the molecule is CCc1cc(C(N)=O)ncc1N(C)c1cc2c(ncn2C)c(NC(=O)[C@H]2C[C@H]2F)n1.